The van der Waals surface area contributed by atoms with Crippen molar-refractivity contribution in [2.45, 2.75) is 13.8 Å². The van der Waals surface area contributed by atoms with Crippen molar-refractivity contribution in [3.8, 4) is 0 Å². The maximum atomic E-state index is 11.4. The molecule has 3 N–H and O–H groups in total. The Hall–Kier alpha value is -1.26. The van der Waals surface area contributed by atoms with E-state index in [1.807, 2.05) is 13.8 Å². The van der Waals surface area contributed by atoms with E-state index in [1.165, 1.54) is 0 Å². The van der Waals surface area contributed by atoms with Crippen LogP contribution >= 0.6 is 11.6 Å². The van der Waals surface area contributed by atoms with Crippen LogP contribution in [0.4, 0.5) is 11.4 Å². The number of hydrogen-bond acceptors (Lipinski definition) is 3. The van der Waals surface area contributed by atoms with Gasteiger partial charge in [0, 0.05) is 12.3 Å². The van der Waals surface area contributed by atoms with Gasteiger partial charge in [-0.15, -0.1) is 0 Å². The number of halogens is 1. The van der Waals surface area contributed by atoms with Gasteiger partial charge in [0.15, 0.2) is 0 Å². The first-order valence-corrected chi connectivity index (χ1v) is 5.35. The van der Waals surface area contributed by atoms with Gasteiger partial charge in [0.05, 0.1) is 10.7 Å². The lowest BCUT2D eigenvalue weighted by atomic mass is 10.2. The number of nitrogens with two attached hydrogens (primary N) is 1. The van der Waals surface area contributed by atoms with E-state index in [0.29, 0.717) is 23.0 Å². The molecule has 0 aromatic heterocycles. The Balaban J connectivity index is 2.73. The summed E-state index contributed by atoms with van der Waals surface area (Å²) in [6.45, 7) is 4.23. The van der Waals surface area contributed by atoms with Crippen LogP contribution in [0.2, 0.25) is 5.02 Å². The van der Waals surface area contributed by atoms with Gasteiger partial charge in [0.2, 0.25) is 5.91 Å². The largest absolute Gasteiger partial charge is 0.398 e. The van der Waals surface area contributed by atoms with Crippen LogP contribution in [0.1, 0.15) is 12.5 Å². The van der Waals surface area contributed by atoms with Crippen LogP contribution in [0.3, 0.4) is 0 Å². The molecule has 0 atom stereocenters. The molecule has 0 radical (unpaired) electrons. The summed E-state index contributed by atoms with van der Waals surface area (Å²) in [5, 5.41) is 3.14. The number of hydrogen-bond donors (Lipinski definition) is 2. The highest BCUT2D eigenvalue weighted by atomic mass is 35.5. The predicted molar refractivity (Wildman–Crippen MR) is 65.7 cm³/mol. The minimum atomic E-state index is -0.203. The van der Waals surface area contributed by atoms with Gasteiger partial charge in [-0.25, -0.2) is 0 Å². The standard InChI is InChI=1S/C11H15ClN2O2/c1-3-16-6-11(15)14-10-5-8(12)9(13)4-7(10)2/h4-5H,3,6,13H2,1-2H3,(H,14,15). The summed E-state index contributed by atoms with van der Waals surface area (Å²) in [7, 11) is 0. The average molecular weight is 243 g/mol. The number of rotatable bonds is 4. The minimum absolute atomic E-state index is 0.0396. The zero-order valence-electron chi connectivity index (χ0n) is 9.34. The molecule has 0 aliphatic carbocycles. The zero-order valence-corrected chi connectivity index (χ0v) is 10.1. The van der Waals surface area contributed by atoms with E-state index in [4.69, 9.17) is 22.1 Å². The summed E-state index contributed by atoms with van der Waals surface area (Å²) in [5.74, 6) is -0.203. The Labute approximate surface area is 99.7 Å². The Morgan fingerprint density at radius 3 is 2.88 bits per heavy atom. The van der Waals surface area contributed by atoms with E-state index in [9.17, 15) is 4.79 Å². The molecule has 1 rings (SSSR count). The van der Waals surface area contributed by atoms with Crippen LogP contribution in [0.15, 0.2) is 12.1 Å². The van der Waals surface area contributed by atoms with Crippen molar-refractivity contribution in [3.63, 3.8) is 0 Å². The third-order valence-electron chi connectivity index (χ3n) is 2.06. The Morgan fingerprint density at radius 1 is 1.56 bits per heavy atom. The van der Waals surface area contributed by atoms with Gasteiger partial charge in [0.25, 0.3) is 0 Å². The monoisotopic (exact) mass is 242 g/mol. The van der Waals surface area contributed by atoms with Gasteiger partial charge >= 0.3 is 0 Å². The molecule has 1 amide bonds. The highest BCUT2D eigenvalue weighted by Crippen LogP contribution is 2.26. The van der Waals surface area contributed by atoms with E-state index in [2.05, 4.69) is 5.32 Å². The van der Waals surface area contributed by atoms with Crippen molar-refractivity contribution in [1.82, 2.24) is 0 Å². The number of amides is 1. The Bertz CT molecular complexity index is 394. The smallest absolute Gasteiger partial charge is 0.250 e. The lowest BCUT2D eigenvalue weighted by Crippen LogP contribution is -2.18. The molecule has 0 saturated carbocycles. The minimum Gasteiger partial charge on any atom is -0.398 e. The van der Waals surface area contributed by atoms with Crippen molar-refractivity contribution in [2.24, 2.45) is 0 Å². The number of aryl methyl sites for hydroxylation is 1. The summed E-state index contributed by atoms with van der Waals surface area (Å²) >= 11 is 5.87. The molecule has 0 aliphatic heterocycles. The molecule has 1 aromatic carbocycles. The summed E-state index contributed by atoms with van der Waals surface area (Å²) < 4.78 is 4.99. The molecule has 0 fully saturated rings. The third-order valence-corrected chi connectivity index (χ3v) is 2.38. The predicted octanol–water partition coefficient (Wildman–Crippen LogP) is 2.21. The van der Waals surface area contributed by atoms with Crippen molar-refractivity contribution in [1.29, 1.82) is 0 Å². The van der Waals surface area contributed by atoms with E-state index >= 15 is 0 Å². The molecule has 0 unspecified atom stereocenters. The van der Waals surface area contributed by atoms with Crippen LogP contribution in [-0.4, -0.2) is 19.1 Å². The number of anilines is 2. The van der Waals surface area contributed by atoms with E-state index in [-0.39, 0.29) is 12.5 Å². The van der Waals surface area contributed by atoms with Crippen molar-refractivity contribution in [3.05, 3.63) is 22.7 Å². The topological polar surface area (TPSA) is 64.3 Å². The zero-order chi connectivity index (χ0) is 12.1. The van der Waals surface area contributed by atoms with Gasteiger partial charge < -0.3 is 15.8 Å². The van der Waals surface area contributed by atoms with Gasteiger partial charge in [-0.1, -0.05) is 11.6 Å². The van der Waals surface area contributed by atoms with Crippen LogP contribution in [0, 0.1) is 6.92 Å². The van der Waals surface area contributed by atoms with Crippen molar-refractivity contribution < 1.29 is 9.53 Å². The number of benzene rings is 1. The van der Waals surface area contributed by atoms with Crippen LogP contribution in [0.25, 0.3) is 0 Å². The fourth-order valence-electron chi connectivity index (χ4n) is 1.22. The number of carbonyl (C=O) groups is 1. The number of carbonyl (C=O) groups excluding carboxylic acids is 1. The lowest BCUT2D eigenvalue weighted by molar-refractivity contribution is -0.120. The maximum Gasteiger partial charge on any atom is 0.250 e. The molecular formula is C11H15ClN2O2. The number of ether oxygens (including phenoxy) is 1. The van der Waals surface area contributed by atoms with Crippen molar-refractivity contribution in [2.75, 3.05) is 24.3 Å². The molecule has 1 aromatic rings. The highest BCUT2D eigenvalue weighted by Gasteiger charge is 2.07. The molecule has 4 nitrogen and oxygen atoms in total. The van der Waals surface area contributed by atoms with Gasteiger partial charge in [-0.3, -0.25) is 4.79 Å². The van der Waals surface area contributed by atoms with E-state index in [1.54, 1.807) is 12.1 Å². The summed E-state index contributed by atoms with van der Waals surface area (Å²) in [5.41, 5.74) is 7.66. The fraction of sp³-hybridized carbons (Fsp3) is 0.364. The SMILES string of the molecule is CCOCC(=O)Nc1cc(Cl)c(N)cc1C. The average Bonchev–Trinajstić information content (AvgIpc) is 2.23. The van der Waals surface area contributed by atoms with Crippen LogP contribution in [0.5, 0.6) is 0 Å². The van der Waals surface area contributed by atoms with Crippen molar-refractivity contribution >= 4 is 28.9 Å². The molecule has 16 heavy (non-hydrogen) atoms. The maximum absolute atomic E-state index is 11.4. The molecule has 0 aliphatic rings. The molecule has 88 valence electrons. The number of nitrogens with one attached hydrogen (secondary N) is 1. The molecule has 0 spiro atoms. The normalized spacial score (nSPS) is 10.2. The molecule has 0 bridgehead atoms. The summed E-state index contributed by atoms with van der Waals surface area (Å²) in [4.78, 5) is 11.4. The number of nitrogen functional groups attached to an aromatic ring is 1. The quantitative estimate of drug-likeness (QED) is 0.796. The molecule has 5 heteroatoms. The van der Waals surface area contributed by atoms with Crippen LogP contribution < -0.4 is 11.1 Å². The van der Waals surface area contributed by atoms with Gasteiger partial charge in [-0.2, -0.15) is 0 Å². The van der Waals surface area contributed by atoms with Crippen LogP contribution in [-0.2, 0) is 9.53 Å². The second-order valence-electron chi connectivity index (χ2n) is 3.37. The Morgan fingerprint density at radius 2 is 2.25 bits per heavy atom. The fourth-order valence-corrected chi connectivity index (χ4v) is 1.38. The molecule has 0 heterocycles. The van der Waals surface area contributed by atoms with Gasteiger partial charge in [-0.05, 0) is 31.5 Å². The summed E-state index contributed by atoms with van der Waals surface area (Å²) in [6.07, 6.45) is 0. The molecule has 0 saturated heterocycles. The molecular weight excluding hydrogens is 228 g/mol. The Kier molecular flexibility index (Phi) is 4.58. The van der Waals surface area contributed by atoms with Gasteiger partial charge in [0.1, 0.15) is 6.61 Å². The third kappa shape index (κ3) is 3.40. The first kappa shape index (κ1) is 12.8. The van der Waals surface area contributed by atoms with E-state index in [0.717, 1.165) is 5.56 Å². The second kappa shape index (κ2) is 5.72. The lowest BCUT2D eigenvalue weighted by Gasteiger charge is -2.10. The summed E-state index contributed by atoms with van der Waals surface area (Å²) in [6, 6.07) is 3.36. The first-order valence-electron chi connectivity index (χ1n) is 4.97. The second-order valence-corrected chi connectivity index (χ2v) is 3.78. The van der Waals surface area contributed by atoms with E-state index < -0.39 is 0 Å². The highest BCUT2D eigenvalue weighted by molar-refractivity contribution is 6.33. The first-order chi connectivity index (χ1) is 7.54.